The molecule has 11 aromatic carbocycles. The summed E-state index contributed by atoms with van der Waals surface area (Å²) >= 11 is 0. The molecule has 0 unspecified atom stereocenters. The number of benzene rings is 11. The van der Waals surface area contributed by atoms with Crippen LogP contribution in [0.3, 0.4) is 0 Å². The Hall–Kier alpha value is -8.72. The second-order valence-corrected chi connectivity index (χ2v) is 17.6. The molecule has 314 valence electrons. The Labute approximate surface area is 390 Å². The van der Waals surface area contributed by atoms with Crippen LogP contribution in [0.15, 0.2) is 265 Å². The molecule has 1 heterocycles. The van der Waals surface area contributed by atoms with Crippen LogP contribution in [-0.4, -0.2) is 0 Å². The molecule has 0 N–H and O–H groups in total. The van der Waals surface area contributed by atoms with Gasteiger partial charge in [0.2, 0.25) is 0 Å². The molecule has 0 bridgehead atoms. The molecule has 67 heavy (non-hydrogen) atoms. The summed E-state index contributed by atoms with van der Waals surface area (Å²) in [7, 11) is 0. The zero-order valence-electron chi connectivity index (χ0n) is 36.7. The molecule has 0 radical (unpaired) electrons. The van der Waals surface area contributed by atoms with E-state index in [1.165, 1.54) is 72.0 Å². The van der Waals surface area contributed by atoms with Gasteiger partial charge in [0.1, 0.15) is 11.2 Å². The third-order valence-electron chi connectivity index (χ3n) is 13.9. The van der Waals surface area contributed by atoms with Gasteiger partial charge in [-0.2, -0.15) is 0 Å². The summed E-state index contributed by atoms with van der Waals surface area (Å²) in [6, 6.07) is 95.0. The van der Waals surface area contributed by atoms with Crippen molar-refractivity contribution in [1.82, 2.24) is 0 Å². The number of para-hydroxylation sites is 1. The van der Waals surface area contributed by atoms with Crippen molar-refractivity contribution in [3.8, 4) is 44.5 Å². The monoisotopic (exact) mass is 853 g/mol. The fraction of sp³-hybridized carbons (Fsp3) is 0.0154. The largest absolute Gasteiger partial charge is 0.456 e. The smallest absolute Gasteiger partial charge is 0.137 e. The molecule has 1 aliphatic rings. The van der Waals surface area contributed by atoms with Crippen LogP contribution in [-0.2, 0) is 5.41 Å². The first kappa shape index (κ1) is 38.7. The van der Waals surface area contributed by atoms with E-state index in [2.05, 4.69) is 260 Å². The molecule has 2 heteroatoms. The van der Waals surface area contributed by atoms with Crippen LogP contribution >= 0.6 is 0 Å². The normalized spacial score (nSPS) is 12.6. The quantitative estimate of drug-likeness (QED) is 0.151. The Kier molecular flexibility index (Phi) is 9.11. The minimum Gasteiger partial charge on any atom is -0.456 e. The number of hydrogen-bond acceptors (Lipinski definition) is 2. The van der Waals surface area contributed by atoms with Crippen molar-refractivity contribution < 1.29 is 4.42 Å². The minimum absolute atomic E-state index is 0.525. The molecule has 0 atom stereocenters. The van der Waals surface area contributed by atoms with Gasteiger partial charge in [-0.1, -0.05) is 200 Å². The van der Waals surface area contributed by atoms with E-state index in [9.17, 15) is 0 Å². The summed E-state index contributed by atoms with van der Waals surface area (Å²) in [6.45, 7) is 0. The number of furan rings is 1. The van der Waals surface area contributed by atoms with Crippen LogP contribution < -0.4 is 4.90 Å². The van der Waals surface area contributed by atoms with Gasteiger partial charge < -0.3 is 9.32 Å². The van der Waals surface area contributed by atoms with E-state index in [1.54, 1.807) is 0 Å². The van der Waals surface area contributed by atoms with Crippen LogP contribution in [0.25, 0.3) is 77.2 Å². The van der Waals surface area contributed by atoms with E-state index >= 15 is 0 Å². The lowest BCUT2D eigenvalue weighted by Gasteiger charge is -2.34. The van der Waals surface area contributed by atoms with Crippen molar-refractivity contribution in [3.63, 3.8) is 0 Å². The van der Waals surface area contributed by atoms with Crippen molar-refractivity contribution in [3.05, 3.63) is 283 Å². The van der Waals surface area contributed by atoms with Gasteiger partial charge in [0.15, 0.2) is 0 Å². The summed E-state index contributed by atoms with van der Waals surface area (Å²) in [5.41, 5.74) is 19.0. The number of fused-ring (bicyclic) bond motifs is 7. The predicted molar refractivity (Wildman–Crippen MR) is 280 cm³/mol. The zero-order chi connectivity index (χ0) is 44.3. The second-order valence-electron chi connectivity index (χ2n) is 17.6. The summed E-state index contributed by atoms with van der Waals surface area (Å²) in [6.07, 6.45) is 0. The number of nitrogens with zero attached hydrogens (tertiary/aromatic N) is 1. The van der Waals surface area contributed by atoms with Gasteiger partial charge in [-0.3, -0.25) is 0 Å². The molecular weight excluding hydrogens is 811 g/mol. The Morgan fingerprint density at radius 1 is 0.313 bits per heavy atom. The molecular formula is C65H43NO. The Morgan fingerprint density at radius 2 is 0.851 bits per heavy atom. The van der Waals surface area contributed by atoms with E-state index in [0.29, 0.717) is 0 Å². The van der Waals surface area contributed by atoms with Crippen LogP contribution in [0.5, 0.6) is 0 Å². The van der Waals surface area contributed by atoms with E-state index in [4.69, 9.17) is 4.42 Å². The van der Waals surface area contributed by atoms with Crippen molar-refractivity contribution in [2.24, 2.45) is 0 Å². The molecule has 12 aromatic rings. The molecule has 0 spiro atoms. The summed E-state index contributed by atoms with van der Waals surface area (Å²) in [5.74, 6) is 0. The van der Waals surface area contributed by atoms with Gasteiger partial charge in [-0.15, -0.1) is 0 Å². The molecule has 0 saturated heterocycles. The summed E-state index contributed by atoms with van der Waals surface area (Å²) in [5, 5.41) is 4.72. The fourth-order valence-corrected chi connectivity index (χ4v) is 10.9. The SMILES string of the molecule is c1ccc(C2(c3ccccc3)c3ccccc3-c3c(N(c4ccc(-c5cccc(-c6cccc(-c7ccc8ccccc8c7)c6)c5)cc4)c4ccc5c(c4)oc4ccccc45)cccc32)cc1. The Balaban J connectivity index is 0.952. The standard InChI is InChI=1S/C65H43NO/c1-3-22-52(23-4-1)65(53-24-5-2-6-25-53)59-28-11-9-27-58(59)64-60(65)29-15-30-61(64)66(55-38-39-57-56-26-10-12-31-62(56)67-63(57)43-55)54-36-34-45(35-37-54)47-18-13-19-48(40-47)49-20-14-21-50(42-49)51-33-32-44-16-7-8-17-46(44)41-51/h1-43H. The van der Waals surface area contributed by atoms with Crippen LogP contribution in [0, 0.1) is 0 Å². The Bertz CT molecular complexity index is 3770. The highest BCUT2D eigenvalue weighted by molar-refractivity contribution is 6.07. The van der Waals surface area contributed by atoms with Crippen molar-refractivity contribution >= 4 is 49.8 Å². The summed E-state index contributed by atoms with van der Waals surface area (Å²) < 4.78 is 6.56. The number of rotatable bonds is 8. The highest BCUT2D eigenvalue weighted by Crippen LogP contribution is 2.59. The molecule has 1 aliphatic carbocycles. The lowest BCUT2D eigenvalue weighted by Crippen LogP contribution is -2.28. The Morgan fingerprint density at radius 3 is 1.58 bits per heavy atom. The number of anilines is 3. The van der Waals surface area contributed by atoms with Gasteiger partial charge in [-0.25, -0.2) is 0 Å². The molecule has 13 rings (SSSR count). The first-order valence-electron chi connectivity index (χ1n) is 23.1. The van der Waals surface area contributed by atoms with Crippen molar-refractivity contribution in [2.75, 3.05) is 4.90 Å². The number of hydrogen-bond donors (Lipinski definition) is 0. The van der Waals surface area contributed by atoms with E-state index < -0.39 is 5.41 Å². The third kappa shape index (κ3) is 6.33. The van der Waals surface area contributed by atoms with Gasteiger partial charge in [0, 0.05) is 33.8 Å². The first-order chi connectivity index (χ1) is 33.2. The maximum atomic E-state index is 6.56. The van der Waals surface area contributed by atoms with E-state index in [0.717, 1.165) is 44.6 Å². The zero-order valence-corrected chi connectivity index (χ0v) is 36.7. The molecule has 0 saturated carbocycles. The molecule has 1 aromatic heterocycles. The van der Waals surface area contributed by atoms with E-state index in [1.807, 2.05) is 6.07 Å². The van der Waals surface area contributed by atoms with Gasteiger partial charge in [-0.05, 0) is 127 Å². The average molecular weight is 854 g/mol. The first-order valence-corrected chi connectivity index (χ1v) is 23.1. The van der Waals surface area contributed by atoms with Gasteiger partial charge in [0.25, 0.3) is 0 Å². The summed E-state index contributed by atoms with van der Waals surface area (Å²) in [4.78, 5) is 2.42. The second kappa shape index (κ2) is 15.8. The molecule has 0 aliphatic heterocycles. The topological polar surface area (TPSA) is 16.4 Å². The van der Waals surface area contributed by atoms with Crippen LogP contribution in [0.1, 0.15) is 22.3 Å². The lowest BCUT2D eigenvalue weighted by molar-refractivity contribution is 0.669. The molecule has 0 fully saturated rings. The minimum atomic E-state index is -0.525. The average Bonchev–Trinajstić information content (AvgIpc) is 3.93. The highest BCUT2D eigenvalue weighted by atomic mass is 16.3. The van der Waals surface area contributed by atoms with Gasteiger partial charge in [0.05, 0.1) is 11.1 Å². The maximum Gasteiger partial charge on any atom is 0.137 e. The highest BCUT2D eigenvalue weighted by Gasteiger charge is 2.47. The van der Waals surface area contributed by atoms with Crippen LogP contribution in [0.4, 0.5) is 17.1 Å². The van der Waals surface area contributed by atoms with Crippen LogP contribution in [0.2, 0.25) is 0 Å². The maximum absolute atomic E-state index is 6.56. The predicted octanol–water partition coefficient (Wildman–Crippen LogP) is 17.6. The molecule has 0 amide bonds. The van der Waals surface area contributed by atoms with E-state index in [-0.39, 0.29) is 0 Å². The fourth-order valence-electron chi connectivity index (χ4n) is 10.9. The lowest BCUT2D eigenvalue weighted by atomic mass is 9.68. The van der Waals surface area contributed by atoms with Crippen molar-refractivity contribution in [1.29, 1.82) is 0 Å². The van der Waals surface area contributed by atoms with Gasteiger partial charge >= 0.3 is 0 Å². The third-order valence-corrected chi connectivity index (χ3v) is 13.9. The molecule has 2 nitrogen and oxygen atoms in total. The van der Waals surface area contributed by atoms with Crippen molar-refractivity contribution in [2.45, 2.75) is 5.41 Å².